The Balaban J connectivity index is 2.88. The minimum atomic E-state index is -1.76. The summed E-state index contributed by atoms with van der Waals surface area (Å²) in [7, 11) is -2.97. The molecule has 124 valence electrons. The van der Waals surface area contributed by atoms with E-state index >= 15 is 0 Å². The molecule has 0 N–H and O–H groups in total. The fourth-order valence-corrected chi connectivity index (χ4v) is 4.20. The van der Waals surface area contributed by atoms with E-state index in [0.29, 0.717) is 0 Å². The average Bonchev–Trinajstić information content (AvgIpc) is 2.33. The molecular weight excluding hydrogens is 292 g/mol. The van der Waals surface area contributed by atoms with E-state index in [1.807, 2.05) is 0 Å². The fraction of sp³-hybridized carbons (Fsp3) is 0.882. The van der Waals surface area contributed by atoms with Crippen molar-refractivity contribution in [3.63, 3.8) is 0 Å². The van der Waals surface area contributed by atoms with Crippen molar-refractivity contribution in [3.8, 4) is 0 Å². The van der Waals surface area contributed by atoms with E-state index in [4.69, 9.17) is 9.16 Å². The Hall–Kier alpha value is 0.0938. The summed E-state index contributed by atoms with van der Waals surface area (Å²) in [5, 5.41) is 0.243. The normalized spacial score (nSPS) is 23.5. The van der Waals surface area contributed by atoms with Gasteiger partial charge in [0, 0.05) is 6.61 Å². The van der Waals surface area contributed by atoms with Gasteiger partial charge in [-0.05, 0) is 37.4 Å². The SMILES string of the molecule is CC(C)(C)[Si](C)(C)O[C@@H](/C=C/[Si](C)(C)C)C1CCCCO1. The molecular formula is C17H36O2Si2. The third-order valence-corrected chi connectivity index (χ3v) is 10.3. The van der Waals surface area contributed by atoms with Gasteiger partial charge in [-0.1, -0.05) is 52.2 Å². The monoisotopic (exact) mass is 328 g/mol. The van der Waals surface area contributed by atoms with Crippen molar-refractivity contribution in [1.29, 1.82) is 0 Å². The zero-order chi connectivity index (χ0) is 16.3. The van der Waals surface area contributed by atoms with Gasteiger partial charge in [0.15, 0.2) is 8.32 Å². The van der Waals surface area contributed by atoms with Gasteiger partial charge in [0.1, 0.15) is 0 Å². The first-order valence-electron chi connectivity index (χ1n) is 8.41. The van der Waals surface area contributed by atoms with Crippen molar-refractivity contribution < 1.29 is 9.16 Å². The van der Waals surface area contributed by atoms with E-state index in [-0.39, 0.29) is 17.2 Å². The molecule has 0 aromatic rings. The maximum atomic E-state index is 6.69. The third-order valence-electron chi connectivity index (χ3n) is 4.60. The van der Waals surface area contributed by atoms with Crippen LogP contribution in [0.2, 0.25) is 37.8 Å². The molecule has 21 heavy (non-hydrogen) atoms. The van der Waals surface area contributed by atoms with Gasteiger partial charge in [0.2, 0.25) is 0 Å². The second kappa shape index (κ2) is 7.11. The molecule has 2 nitrogen and oxygen atoms in total. The molecule has 4 heteroatoms. The Morgan fingerprint density at radius 2 is 1.71 bits per heavy atom. The highest BCUT2D eigenvalue weighted by atomic mass is 28.4. The van der Waals surface area contributed by atoms with Crippen molar-refractivity contribution in [2.24, 2.45) is 0 Å². The summed E-state index contributed by atoms with van der Waals surface area (Å²) < 4.78 is 12.7. The molecule has 0 amide bonds. The van der Waals surface area contributed by atoms with Crippen molar-refractivity contribution in [2.45, 2.75) is 90.0 Å². The standard InChI is InChI=1S/C17H36O2Si2/c1-17(2,3)21(7,8)19-16(12-14-20(4,5)6)15-11-9-10-13-18-15/h12,14-16H,9-11,13H2,1-8H3/b14-12+/t15?,16-/m0/s1. The van der Waals surface area contributed by atoms with E-state index in [1.165, 1.54) is 12.8 Å². The quantitative estimate of drug-likeness (QED) is 0.631. The van der Waals surface area contributed by atoms with Crippen LogP contribution < -0.4 is 0 Å². The Kier molecular flexibility index (Phi) is 6.48. The lowest BCUT2D eigenvalue weighted by molar-refractivity contribution is -0.0396. The molecule has 1 aliphatic rings. The molecule has 1 aliphatic heterocycles. The number of hydrogen-bond acceptors (Lipinski definition) is 2. The molecule has 1 saturated heterocycles. The van der Waals surface area contributed by atoms with Gasteiger partial charge in [-0.2, -0.15) is 0 Å². The van der Waals surface area contributed by atoms with Gasteiger partial charge in [-0.15, -0.1) is 0 Å². The van der Waals surface area contributed by atoms with E-state index in [9.17, 15) is 0 Å². The van der Waals surface area contributed by atoms with Crippen LogP contribution in [0.5, 0.6) is 0 Å². The molecule has 1 fully saturated rings. The lowest BCUT2D eigenvalue weighted by Crippen LogP contribution is -2.47. The zero-order valence-corrected chi connectivity index (χ0v) is 17.5. The lowest BCUT2D eigenvalue weighted by Gasteiger charge is -2.41. The molecule has 0 aromatic heterocycles. The molecule has 0 saturated carbocycles. The van der Waals surface area contributed by atoms with Gasteiger partial charge < -0.3 is 9.16 Å². The lowest BCUT2D eigenvalue weighted by atomic mass is 10.0. The van der Waals surface area contributed by atoms with Crippen LogP contribution in [0.3, 0.4) is 0 Å². The summed E-state index contributed by atoms with van der Waals surface area (Å²) in [5.41, 5.74) is 2.42. The van der Waals surface area contributed by atoms with Crippen LogP contribution in [0.4, 0.5) is 0 Å². The van der Waals surface area contributed by atoms with Crippen LogP contribution in [-0.2, 0) is 9.16 Å². The number of hydrogen-bond donors (Lipinski definition) is 0. The predicted octanol–water partition coefficient (Wildman–Crippen LogP) is 5.38. The van der Waals surface area contributed by atoms with Gasteiger partial charge >= 0.3 is 0 Å². The Labute approximate surface area is 134 Å². The summed E-state index contributed by atoms with van der Waals surface area (Å²) in [6.45, 7) is 19.6. The first-order chi connectivity index (χ1) is 9.42. The van der Waals surface area contributed by atoms with Gasteiger partial charge in [-0.3, -0.25) is 0 Å². The Morgan fingerprint density at radius 3 is 2.14 bits per heavy atom. The largest absolute Gasteiger partial charge is 0.408 e. The topological polar surface area (TPSA) is 18.5 Å². The first kappa shape index (κ1) is 19.1. The smallest absolute Gasteiger partial charge is 0.193 e. The van der Waals surface area contributed by atoms with Crippen molar-refractivity contribution in [3.05, 3.63) is 11.8 Å². The highest BCUT2D eigenvalue weighted by molar-refractivity contribution is 6.81. The van der Waals surface area contributed by atoms with E-state index < -0.39 is 16.4 Å². The fourth-order valence-electron chi connectivity index (χ4n) is 2.16. The number of rotatable bonds is 5. The van der Waals surface area contributed by atoms with Crippen LogP contribution in [0.1, 0.15) is 40.0 Å². The Morgan fingerprint density at radius 1 is 1.10 bits per heavy atom. The highest BCUT2D eigenvalue weighted by Crippen LogP contribution is 2.38. The van der Waals surface area contributed by atoms with Crippen molar-refractivity contribution in [2.75, 3.05) is 6.61 Å². The molecule has 0 aliphatic carbocycles. The molecule has 1 unspecified atom stereocenters. The maximum absolute atomic E-state index is 6.69. The molecule has 0 spiro atoms. The predicted molar refractivity (Wildman–Crippen MR) is 98.1 cm³/mol. The van der Waals surface area contributed by atoms with Crippen molar-refractivity contribution >= 4 is 16.4 Å². The first-order valence-corrected chi connectivity index (χ1v) is 14.9. The second-order valence-corrected chi connectivity index (χ2v) is 18.8. The molecule has 0 radical (unpaired) electrons. The van der Waals surface area contributed by atoms with Crippen LogP contribution in [0.15, 0.2) is 11.8 Å². The summed E-state index contributed by atoms with van der Waals surface area (Å²) in [6, 6.07) is 0. The van der Waals surface area contributed by atoms with E-state index in [0.717, 1.165) is 13.0 Å². The van der Waals surface area contributed by atoms with Crippen LogP contribution in [0.25, 0.3) is 0 Å². The zero-order valence-electron chi connectivity index (χ0n) is 15.5. The van der Waals surface area contributed by atoms with Crippen LogP contribution in [0, 0.1) is 0 Å². The minimum Gasteiger partial charge on any atom is -0.408 e. The molecule has 1 rings (SSSR count). The van der Waals surface area contributed by atoms with E-state index in [1.54, 1.807) is 0 Å². The van der Waals surface area contributed by atoms with Crippen LogP contribution in [-0.4, -0.2) is 35.2 Å². The summed E-state index contributed by atoms with van der Waals surface area (Å²) in [5.74, 6) is 0. The average molecular weight is 329 g/mol. The minimum absolute atomic E-state index is 0.137. The van der Waals surface area contributed by atoms with Gasteiger partial charge in [-0.25, -0.2) is 0 Å². The molecule has 0 aromatic carbocycles. The van der Waals surface area contributed by atoms with E-state index in [2.05, 4.69) is 65.3 Å². The van der Waals surface area contributed by atoms with Gasteiger partial charge in [0.05, 0.1) is 20.3 Å². The number of ether oxygens (including phenoxy) is 1. The second-order valence-electron chi connectivity index (χ2n) is 8.97. The third kappa shape index (κ3) is 6.39. The Bertz CT molecular complexity index is 345. The molecule has 0 bridgehead atoms. The van der Waals surface area contributed by atoms with Crippen molar-refractivity contribution in [1.82, 2.24) is 0 Å². The molecule has 2 atom stereocenters. The highest BCUT2D eigenvalue weighted by Gasteiger charge is 2.40. The molecule has 1 heterocycles. The summed E-state index contributed by atoms with van der Waals surface area (Å²) in [4.78, 5) is 0. The summed E-state index contributed by atoms with van der Waals surface area (Å²) in [6.07, 6.45) is 6.31. The summed E-state index contributed by atoms with van der Waals surface area (Å²) >= 11 is 0. The van der Waals surface area contributed by atoms with Gasteiger partial charge in [0.25, 0.3) is 0 Å². The van der Waals surface area contributed by atoms with Crippen LogP contribution >= 0.6 is 0 Å². The maximum Gasteiger partial charge on any atom is 0.193 e.